The minimum absolute atomic E-state index is 0.0172. The molecule has 1 aromatic rings. The first kappa shape index (κ1) is 23.9. The number of hydrogen-bond donors (Lipinski definition) is 1. The molecule has 194 valence electrons. The molecule has 1 aliphatic carbocycles. The van der Waals surface area contributed by atoms with Gasteiger partial charge in [-0.3, -0.25) is 14.5 Å². The third-order valence-corrected chi connectivity index (χ3v) is 10.2. The van der Waals surface area contributed by atoms with Crippen molar-refractivity contribution in [3.05, 3.63) is 42.7 Å². The maximum absolute atomic E-state index is 14.2. The third kappa shape index (κ3) is 2.62. The van der Waals surface area contributed by atoms with E-state index in [1.807, 2.05) is 44.0 Å². The Morgan fingerprint density at radius 3 is 2.73 bits per heavy atom. The summed E-state index contributed by atoms with van der Waals surface area (Å²) in [5.41, 5.74) is -2.01. The van der Waals surface area contributed by atoms with Crippen molar-refractivity contribution in [3.8, 4) is 17.7 Å². The number of hydrogen-bond acceptors (Lipinski definition) is 6. The Balaban J connectivity index is 1.53. The van der Waals surface area contributed by atoms with Crippen molar-refractivity contribution in [2.75, 3.05) is 18.9 Å². The summed E-state index contributed by atoms with van der Waals surface area (Å²) >= 11 is 0. The molecule has 6 aliphatic rings. The number of allylic oxidation sites excluding steroid dienone is 1. The van der Waals surface area contributed by atoms with E-state index in [0.29, 0.717) is 49.4 Å². The summed E-state index contributed by atoms with van der Waals surface area (Å²) in [6.45, 7) is 12.5. The van der Waals surface area contributed by atoms with Crippen LogP contribution in [-0.4, -0.2) is 51.9 Å². The lowest BCUT2D eigenvalue weighted by Crippen LogP contribution is -2.79. The van der Waals surface area contributed by atoms with E-state index >= 15 is 0 Å². The molecule has 8 heteroatoms. The number of carbonyl (C=O) groups excluding carboxylic acids is 2. The van der Waals surface area contributed by atoms with Crippen LogP contribution >= 0.6 is 0 Å². The molecular weight excluding hydrogens is 468 g/mol. The van der Waals surface area contributed by atoms with Gasteiger partial charge in [-0.15, -0.1) is 6.58 Å². The molecule has 5 aliphatic heterocycles. The number of anilines is 1. The van der Waals surface area contributed by atoms with Crippen LogP contribution in [0.1, 0.15) is 58.9 Å². The zero-order valence-electron chi connectivity index (χ0n) is 22.2. The lowest BCUT2D eigenvalue weighted by Gasteiger charge is -2.64. The fraction of sp³-hybridized carbons (Fsp3) is 0.552. The average Bonchev–Trinajstić information content (AvgIpc) is 3.16. The minimum atomic E-state index is -0.911. The molecule has 0 radical (unpaired) electrons. The zero-order chi connectivity index (χ0) is 26.6. The van der Waals surface area contributed by atoms with Gasteiger partial charge in [0.2, 0.25) is 11.8 Å². The van der Waals surface area contributed by atoms with Crippen LogP contribution in [-0.2, 0) is 15.0 Å². The minimum Gasteiger partial charge on any atom is -0.480 e. The number of piperazine rings is 1. The Morgan fingerprint density at radius 1 is 1.27 bits per heavy atom. The van der Waals surface area contributed by atoms with Gasteiger partial charge in [-0.1, -0.05) is 26.0 Å². The van der Waals surface area contributed by atoms with Gasteiger partial charge in [-0.25, -0.2) is 0 Å². The average molecular weight is 503 g/mol. The molecule has 1 aromatic carbocycles. The molecule has 0 aromatic heterocycles. The molecule has 8 nitrogen and oxygen atoms in total. The molecule has 0 unspecified atom stereocenters. The molecule has 2 bridgehead atoms. The monoisotopic (exact) mass is 502 g/mol. The lowest BCUT2D eigenvalue weighted by atomic mass is 9.57. The number of piperidine rings is 2. The van der Waals surface area contributed by atoms with Gasteiger partial charge in [-0.05, 0) is 68.6 Å². The highest BCUT2D eigenvalue weighted by Gasteiger charge is 2.79. The number of nitriles is 1. The number of amides is 2. The van der Waals surface area contributed by atoms with Crippen LogP contribution in [0.5, 0.6) is 11.5 Å². The first-order valence-corrected chi connectivity index (χ1v) is 13.0. The Morgan fingerprint density at radius 2 is 2.03 bits per heavy atom. The molecule has 4 fully saturated rings. The van der Waals surface area contributed by atoms with E-state index in [1.54, 1.807) is 17.2 Å². The van der Waals surface area contributed by atoms with Crippen molar-refractivity contribution in [1.82, 2.24) is 9.80 Å². The largest absolute Gasteiger partial charge is 0.480 e. The molecule has 5 heterocycles. The molecule has 7 rings (SSSR count). The standard InChI is InChI=1S/C29H34N4O4/c1-7-8-11-27-14-20-26(4,5)29(15-28(20,16-33(27)17-30)32(6)24(27)35)18-9-10-19-22(21(18)31-23(29)34)36-13-12-25(2,3)37-19/h7,9-10,12-13,20H,1,8,11,14-16H2,2-6H3,(H,31,34)/t20-,27-,28+,29+/m0/s1. The van der Waals surface area contributed by atoms with Crippen LogP contribution in [0.25, 0.3) is 0 Å². The molecule has 2 spiro atoms. The van der Waals surface area contributed by atoms with Gasteiger partial charge in [-0.2, -0.15) is 5.26 Å². The summed E-state index contributed by atoms with van der Waals surface area (Å²) in [4.78, 5) is 31.6. The van der Waals surface area contributed by atoms with Crippen molar-refractivity contribution in [3.63, 3.8) is 0 Å². The van der Waals surface area contributed by atoms with E-state index in [-0.39, 0.29) is 17.7 Å². The predicted molar refractivity (Wildman–Crippen MR) is 138 cm³/mol. The van der Waals surface area contributed by atoms with Gasteiger partial charge in [0, 0.05) is 7.05 Å². The predicted octanol–water partition coefficient (Wildman–Crippen LogP) is 4.09. The molecular formula is C29H34N4O4. The van der Waals surface area contributed by atoms with E-state index in [1.165, 1.54) is 0 Å². The SMILES string of the molecule is C=CCC[C@@]12C[C@H]3C(C)(C)[C@@]4(C[C@]3(CN1C#N)N(C)C2=O)C(=O)Nc1c4ccc2c1OC=CC(C)(C)O2. The van der Waals surface area contributed by atoms with Crippen LogP contribution in [0.15, 0.2) is 37.1 Å². The van der Waals surface area contributed by atoms with Gasteiger partial charge >= 0.3 is 0 Å². The third-order valence-electron chi connectivity index (χ3n) is 10.2. The van der Waals surface area contributed by atoms with Gasteiger partial charge in [0.05, 0.1) is 29.4 Å². The number of benzene rings is 1. The summed E-state index contributed by atoms with van der Waals surface area (Å²) in [6.07, 6.45) is 9.76. The number of nitrogens with one attached hydrogen (secondary N) is 1. The summed E-state index contributed by atoms with van der Waals surface area (Å²) in [7, 11) is 1.86. The van der Waals surface area contributed by atoms with Crippen molar-refractivity contribution in [2.45, 2.75) is 75.5 Å². The van der Waals surface area contributed by atoms with Crippen molar-refractivity contribution in [2.24, 2.45) is 11.3 Å². The Bertz CT molecular complexity index is 1330. The number of ether oxygens (including phenoxy) is 2. The highest BCUT2D eigenvalue weighted by Crippen LogP contribution is 2.71. The molecule has 1 N–H and O–H groups in total. The second-order valence-corrected chi connectivity index (χ2v) is 12.5. The second kappa shape index (κ2) is 7.09. The number of carbonyl (C=O) groups is 2. The molecule has 1 saturated carbocycles. The molecule has 37 heavy (non-hydrogen) atoms. The van der Waals surface area contributed by atoms with E-state index in [4.69, 9.17) is 9.47 Å². The normalized spacial score (nSPS) is 35.6. The number of likely N-dealkylation sites (N-methyl/N-ethyl adjacent to an activating group) is 1. The quantitative estimate of drug-likeness (QED) is 0.494. The van der Waals surface area contributed by atoms with Crippen LogP contribution in [0, 0.1) is 22.8 Å². The van der Waals surface area contributed by atoms with Gasteiger partial charge in [0.25, 0.3) is 0 Å². The van der Waals surface area contributed by atoms with E-state index in [9.17, 15) is 14.9 Å². The smallest absolute Gasteiger partial charge is 0.249 e. The van der Waals surface area contributed by atoms with Crippen LogP contribution in [0.2, 0.25) is 0 Å². The highest BCUT2D eigenvalue weighted by atomic mass is 16.5. The summed E-state index contributed by atoms with van der Waals surface area (Å²) < 4.78 is 12.2. The van der Waals surface area contributed by atoms with Crippen LogP contribution < -0.4 is 14.8 Å². The van der Waals surface area contributed by atoms with Gasteiger partial charge in [0.15, 0.2) is 17.7 Å². The fourth-order valence-electron chi connectivity index (χ4n) is 8.24. The van der Waals surface area contributed by atoms with Crippen LogP contribution in [0.3, 0.4) is 0 Å². The van der Waals surface area contributed by atoms with E-state index < -0.39 is 27.5 Å². The zero-order valence-corrected chi connectivity index (χ0v) is 22.2. The molecule has 3 saturated heterocycles. The number of nitrogens with zero attached hydrogens (tertiary/aromatic N) is 3. The Kier molecular flexibility index (Phi) is 4.58. The summed E-state index contributed by atoms with van der Waals surface area (Å²) in [5.74, 6) is 0.973. The highest BCUT2D eigenvalue weighted by molar-refractivity contribution is 6.09. The Labute approximate surface area is 217 Å². The Hall–Kier alpha value is -3.47. The second-order valence-electron chi connectivity index (χ2n) is 12.5. The topological polar surface area (TPSA) is 94.9 Å². The maximum Gasteiger partial charge on any atom is 0.249 e. The van der Waals surface area contributed by atoms with Gasteiger partial charge in [0.1, 0.15) is 11.1 Å². The molecule has 4 atom stereocenters. The number of rotatable bonds is 3. The first-order chi connectivity index (χ1) is 17.4. The van der Waals surface area contributed by atoms with Crippen molar-refractivity contribution < 1.29 is 19.1 Å². The summed E-state index contributed by atoms with van der Waals surface area (Å²) in [5, 5.41) is 13.3. The van der Waals surface area contributed by atoms with E-state index in [2.05, 4.69) is 31.9 Å². The fourth-order valence-corrected chi connectivity index (χ4v) is 8.24. The maximum atomic E-state index is 14.2. The van der Waals surface area contributed by atoms with Crippen molar-refractivity contribution >= 4 is 17.5 Å². The van der Waals surface area contributed by atoms with E-state index in [0.717, 1.165) is 5.56 Å². The summed E-state index contributed by atoms with van der Waals surface area (Å²) in [6, 6.07) is 3.87. The lowest BCUT2D eigenvalue weighted by molar-refractivity contribution is -0.183. The van der Waals surface area contributed by atoms with Crippen molar-refractivity contribution in [1.29, 1.82) is 5.26 Å². The van der Waals surface area contributed by atoms with Crippen LogP contribution in [0.4, 0.5) is 5.69 Å². The first-order valence-electron chi connectivity index (χ1n) is 13.0. The number of fused-ring (bicyclic) bond motifs is 6. The molecule has 2 amide bonds. The van der Waals surface area contributed by atoms with Gasteiger partial charge < -0.3 is 19.7 Å².